The van der Waals surface area contributed by atoms with Gasteiger partial charge < -0.3 is 10.1 Å². The molecule has 2 fully saturated rings. The van der Waals surface area contributed by atoms with Crippen molar-refractivity contribution in [2.45, 2.75) is 31.4 Å². The molecule has 19 heavy (non-hydrogen) atoms. The molecule has 0 aromatic heterocycles. The average Bonchev–Trinajstić information content (AvgIpc) is 2.73. The SMILES string of the molecule is O=C(Cc1c(F)cccc1F)N[C@@H]1C[C@H]2OCC[C@@H]12. The Morgan fingerprint density at radius 3 is 2.79 bits per heavy atom. The highest BCUT2D eigenvalue weighted by Crippen LogP contribution is 2.38. The molecule has 102 valence electrons. The Kier molecular flexibility index (Phi) is 3.22. The molecule has 0 bridgehead atoms. The van der Waals surface area contributed by atoms with Crippen molar-refractivity contribution in [3.63, 3.8) is 0 Å². The summed E-state index contributed by atoms with van der Waals surface area (Å²) in [6.07, 6.45) is 1.75. The van der Waals surface area contributed by atoms with Crippen LogP contribution in [-0.2, 0) is 16.0 Å². The lowest BCUT2D eigenvalue weighted by atomic mass is 9.76. The number of nitrogens with one attached hydrogen (secondary N) is 1. The number of carbonyl (C=O) groups is 1. The Balaban J connectivity index is 1.60. The fraction of sp³-hybridized carbons (Fsp3) is 0.500. The number of rotatable bonds is 3. The summed E-state index contributed by atoms with van der Waals surface area (Å²) in [6.45, 7) is 0.740. The third-order valence-electron chi connectivity index (χ3n) is 4.01. The Bertz CT molecular complexity index is 486. The lowest BCUT2D eigenvalue weighted by Gasteiger charge is -2.39. The predicted molar refractivity (Wildman–Crippen MR) is 64.5 cm³/mol. The Morgan fingerprint density at radius 1 is 1.37 bits per heavy atom. The molecule has 3 atom stereocenters. The first kappa shape index (κ1) is 12.5. The van der Waals surface area contributed by atoms with Crippen LogP contribution in [-0.4, -0.2) is 24.7 Å². The van der Waals surface area contributed by atoms with Gasteiger partial charge in [0.15, 0.2) is 0 Å². The fourth-order valence-electron chi connectivity index (χ4n) is 2.88. The first-order valence-corrected chi connectivity index (χ1v) is 6.49. The molecule has 1 aromatic rings. The van der Waals surface area contributed by atoms with Gasteiger partial charge in [0.05, 0.1) is 12.5 Å². The molecule has 2 aliphatic rings. The molecule has 3 rings (SSSR count). The van der Waals surface area contributed by atoms with Gasteiger partial charge in [-0.3, -0.25) is 4.79 Å². The normalized spacial score (nSPS) is 28.6. The molecule has 1 aromatic carbocycles. The minimum absolute atomic E-state index is 0.0924. The summed E-state index contributed by atoms with van der Waals surface area (Å²) in [6, 6.07) is 3.71. The van der Waals surface area contributed by atoms with Gasteiger partial charge in [0.2, 0.25) is 5.91 Å². The van der Waals surface area contributed by atoms with Crippen molar-refractivity contribution in [3.8, 4) is 0 Å². The lowest BCUT2D eigenvalue weighted by Crippen LogP contribution is -2.53. The second-order valence-electron chi connectivity index (χ2n) is 5.15. The van der Waals surface area contributed by atoms with Gasteiger partial charge in [0.25, 0.3) is 0 Å². The molecule has 1 saturated carbocycles. The maximum atomic E-state index is 13.4. The molecular weight excluding hydrogens is 252 g/mol. The summed E-state index contributed by atoms with van der Waals surface area (Å²) >= 11 is 0. The summed E-state index contributed by atoms with van der Waals surface area (Å²) < 4.78 is 32.3. The Hall–Kier alpha value is -1.49. The monoisotopic (exact) mass is 267 g/mol. The van der Waals surface area contributed by atoms with Crippen molar-refractivity contribution in [2.75, 3.05) is 6.61 Å². The van der Waals surface area contributed by atoms with Crippen LogP contribution in [0.25, 0.3) is 0 Å². The van der Waals surface area contributed by atoms with E-state index in [1.807, 2.05) is 0 Å². The van der Waals surface area contributed by atoms with Gasteiger partial charge in [-0.25, -0.2) is 8.78 Å². The molecule has 1 aliphatic heterocycles. The molecule has 1 amide bonds. The quantitative estimate of drug-likeness (QED) is 0.907. The molecule has 1 N–H and O–H groups in total. The third-order valence-corrected chi connectivity index (χ3v) is 4.01. The number of amides is 1. The zero-order valence-electron chi connectivity index (χ0n) is 10.4. The van der Waals surface area contributed by atoms with Crippen LogP contribution in [0.3, 0.4) is 0 Å². The van der Waals surface area contributed by atoms with Crippen molar-refractivity contribution < 1.29 is 18.3 Å². The van der Waals surface area contributed by atoms with E-state index >= 15 is 0 Å². The first-order valence-electron chi connectivity index (χ1n) is 6.49. The second kappa shape index (κ2) is 4.89. The second-order valence-corrected chi connectivity index (χ2v) is 5.15. The van der Waals surface area contributed by atoms with Gasteiger partial charge in [-0.15, -0.1) is 0 Å². The van der Waals surface area contributed by atoms with E-state index in [-0.39, 0.29) is 30.0 Å². The van der Waals surface area contributed by atoms with Crippen LogP contribution in [0, 0.1) is 17.6 Å². The van der Waals surface area contributed by atoms with Crippen LogP contribution in [0.4, 0.5) is 8.78 Å². The first-order chi connectivity index (χ1) is 9.15. The van der Waals surface area contributed by atoms with Crippen molar-refractivity contribution in [1.29, 1.82) is 0 Å². The highest BCUT2D eigenvalue weighted by Gasteiger charge is 2.45. The van der Waals surface area contributed by atoms with Crippen LogP contribution in [0.5, 0.6) is 0 Å². The highest BCUT2D eigenvalue weighted by molar-refractivity contribution is 5.79. The van der Waals surface area contributed by atoms with Crippen LogP contribution in [0.2, 0.25) is 0 Å². The minimum atomic E-state index is -0.675. The van der Waals surface area contributed by atoms with Crippen molar-refractivity contribution in [2.24, 2.45) is 5.92 Å². The molecule has 1 heterocycles. The summed E-state index contributed by atoms with van der Waals surface area (Å²) in [5.74, 6) is -1.31. The molecule has 1 saturated heterocycles. The Morgan fingerprint density at radius 2 is 2.11 bits per heavy atom. The zero-order valence-corrected chi connectivity index (χ0v) is 10.4. The van der Waals surface area contributed by atoms with Crippen molar-refractivity contribution >= 4 is 5.91 Å². The van der Waals surface area contributed by atoms with E-state index in [9.17, 15) is 13.6 Å². The van der Waals surface area contributed by atoms with Gasteiger partial charge in [-0.05, 0) is 25.0 Å². The summed E-state index contributed by atoms with van der Waals surface area (Å²) in [5.41, 5.74) is -0.168. The zero-order chi connectivity index (χ0) is 13.4. The third kappa shape index (κ3) is 2.34. The lowest BCUT2D eigenvalue weighted by molar-refractivity contribution is -0.123. The number of carbonyl (C=O) groups excluding carboxylic acids is 1. The average molecular weight is 267 g/mol. The van der Waals surface area contributed by atoms with E-state index in [0.717, 1.165) is 31.6 Å². The predicted octanol–water partition coefficient (Wildman–Crippen LogP) is 1.80. The smallest absolute Gasteiger partial charge is 0.224 e. The molecule has 0 unspecified atom stereocenters. The van der Waals surface area contributed by atoms with Gasteiger partial charge in [-0.1, -0.05) is 6.07 Å². The van der Waals surface area contributed by atoms with E-state index in [4.69, 9.17) is 4.74 Å². The summed E-state index contributed by atoms with van der Waals surface area (Å²) in [7, 11) is 0. The van der Waals surface area contributed by atoms with Gasteiger partial charge in [0, 0.05) is 24.1 Å². The topological polar surface area (TPSA) is 38.3 Å². The van der Waals surface area contributed by atoms with E-state index < -0.39 is 11.6 Å². The fourth-order valence-corrected chi connectivity index (χ4v) is 2.88. The number of benzene rings is 1. The molecule has 0 radical (unpaired) electrons. The van der Waals surface area contributed by atoms with Crippen LogP contribution in [0.1, 0.15) is 18.4 Å². The van der Waals surface area contributed by atoms with E-state index in [2.05, 4.69) is 5.32 Å². The molecule has 3 nitrogen and oxygen atoms in total. The largest absolute Gasteiger partial charge is 0.378 e. The number of halogens is 2. The minimum Gasteiger partial charge on any atom is -0.378 e. The molecular formula is C14H15F2NO2. The van der Waals surface area contributed by atoms with E-state index in [0.29, 0.717) is 5.92 Å². The number of hydrogen-bond donors (Lipinski definition) is 1. The van der Waals surface area contributed by atoms with Crippen LogP contribution in [0.15, 0.2) is 18.2 Å². The van der Waals surface area contributed by atoms with E-state index in [1.165, 1.54) is 6.07 Å². The molecule has 0 spiro atoms. The maximum Gasteiger partial charge on any atom is 0.224 e. The van der Waals surface area contributed by atoms with Gasteiger partial charge >= 0.3 is 0 Å². The number of ether oxygens (including phenoxy) is 1. The molecule has 5 heteroatoms. The van der Waals surface area contributed by atoms with E-state index in [1.54, 1.807) is 0 Å². The molecule has 1 aliphatic carbocycles. The summed E-state index contributed by atoms with van der Waals surface area (Å²) in [5, 5.41) is 2.84. The maximum absolute atomic E-state index is 13.4. The van der Waals surface area contributed by atoms with Gasteiger partial charge in [-0.2, -0.15) is 0 Å². The van der Waals surface area contributed by atoms with Crippen LogP contribution >= 0.6 is 0 Å². The standard InChI is InChI=1S/C14H15F2NO2/c15-10-2-1-3-11(16)9(10)6-14(18)17-12-7-13-8(12)4-5-19-13/h1-3,8,12-13H,4-7H2,(H,17,18)/t8-,12+,13+/m0/s1. The van der Waals surface area contributed by atoms with Crippen molar-refractivity contribution in [3.05, 3.63) is 35.4 Å². The highest BCUT2D eigenvalue weighted by atomic mass is 19.1. The number of hydrogen-bond acceptors (Lipinski definition) is 2. The Labute approximate surface area is 109 Å². The van der Waals surface area contributed by atoms with Gasteiger partial charge in [0.1, 0.15) is 11.6 Å². The van der Waals surface area contributed by atoms with Crippen molar-refractivity contribution in [1.82, 2.24) is 5.32 Å². The number of fused-ring (bicyclic) bond motifs is 1. The van der Waals surface area contributed by atoms with Crippen LogP contribution < -0.4 is 5.32 Å². The summed E-state index contributed by atoms with van der Waals surface area (Å²) in [4.78, 5) is 11.8.